The van der Waals surface area contributed by atoms with Crippen molar-refractivity contribution < 1.29 is 23.8 Å². The Balaban J connectivity index is 1.61. The lowest BCUT2D eigenvalue weighted by Gasteiger charge is -2.19. The fourth-order valence-corrected chi connectivity index (χ4v) is 2.09. The smallest absolute Gasteiger partial charge is 0.407 e. The van der Waals surface area contributed by atoms with Gasteiger partial charge in [0, 0.05) is 19.5 Å². The van der Waals surface area contributed by atoms with E-state index in [-0.39, 0.29) is 12.7 Å². The van der Waals surface area contributed by atoms with E-state index in [1.807, 2.05) is 18.2 Å². The number of benzene rings is 1. The number of carbonyl (C=O) groups excluding carboxylic acids is 2. The number of amides is 2. The molecule has 7 heteroatoms. The Morgan fingerprint density at radius 2 is 1.92 bits per heavy atom. The molecule has 0 atom stereocenters. The summed E-state index contributed by atoms with van der Waals surface area (Å²) in [6.07, 6.45) is 0.412. The third-order valence-corrected chi connectivity index (χ3v) is 3.18. The number of fused-ring (bicyclic) bond motifs is 1. The second-order valence-corrected chi connectivity index (χ2v) is 6.50. The second-order valence-electron chi connectivity index (χ2n) is 6.50. The first-order valence-corrected chi connectivity index (χ1v) is 7.95. The molecule has 24 heavy (non-hydrogen) atoms. The Morgan fingerprint density at radius 1 is 1.17 bits per heavy atom. The standard InChI is InChI=1S/C17H24N2O5/c1-17(2,3)24-16(21)18-8-4-5-15(20)19-10-12-6-7-13-14(9-12)23-11-22-13/h6-7,9H,4-5,8,10-11H2,1-3H3,(H,18,21)(H,19,20). The molecule has 2 N–H and O–H groups in total. The number of nitrogens with one attached hydrogen (secondary N) is 2. The van der Waals surface area contributed by atoms with Gasteiger partial charge in [-0.2, -0.15) is 0 Å². The van der Waals surface area contributed by atoms with Crippen LogP contribution in [0.5, 0.6) is 11.5 Å². The van der Waals surface area contributed by atoms with Crippen molar-refractivity contribution in [2.75, 3.05) is 13.3 Å². The molecule has 2 rings (SSSR count). The number of hydrogen-bond acceptors (Lipinski definition) is 5. The predicted molar refractivity (Wildman–Crippen MR) is 87.9 cm³/mol. The minimum Gasteiger partial charge on any atom is -0.454 e. The van der Waals surface area contributed by atoms with Crippen molar-refractivity contribution in [2.45, 2.75) is 45.8 Å². The molecule has 0 spiro atoms. The number of hydrogen-bond donors (Lipinski definition) is 2. The van der Waals surface area contributed by atoms with Crippen LogP contribution >= 0.6 is 0 Å². The quantitative estimate of drug-likeness (QED) is 0.779. The number of rotatable bonds is 6. The van der Waals surface area contributed by atoms with Crippen LogP contribution in [0.2, 0.25) is 0 Å². The van der Waals surface area contributed by atoms with Crippen LogP contribution < -0.4 is 20.1 Å². The van der Waals surface area contributed by atoms with E-state index in [1.54, 1.807) is 20.8 Å². The molecular formula is C17H24N2O5. The minimum atomic E-state index is -0.522. The molecule has 0 fully saturated rings. The van der Waals surface area contributed by atoms with Crippen molar-refractivity contribution in [2.24, 2.45) is 0 Å². The van der Waals surface area contributed by atoms with Crippen LogP contribution in [0.1, 0.15) is 39.2 Å². The van der Waals surface area contributed by atoms with E-state index in [2.05, 4.69) is 10.6 Å². The zero-order valence-electron chi connectivity index (χ0n) is 14.3. The summed E-state index contributed by atoms with van der Waals surface area (Å²) in [6, 6.07) is 5.57. The molecular weight excluding hydrogens is 312 g/mol. The van der Waals surface area contributed by atoms with Crippen LogP contribution in [-0.2, 0) is 16.1 Å². The molecule has 1 aromatic carbocycles. The van der Waals surface area contributed by atoms with Gasteiger partial charge in [-0.15, -0.1) is 0 Å². The molecule has 1 heterocycles. The summed E-state index contributed by atoms with van der Waals surface area (Å²) in [5.74, 6) is 1.35. The van der Waals surface area contributed by atoms with Crippen LogP contribution in [0.4, 0.5) is 4.79 Å². The highest BCUT2D eigenvalue weighted by atomic mass is 16.7. The van der Waals surface area contributed by atoms with Crippen molar-refractivity contribution >= 4 is 12.0 Å². The van der Waals surface area contributed by atoms with Gasteiger partial charge in [0.2, 0.25) is 12.7 Å². The van der Waals surface area contributed by atoms with Crippen LogP contribution in [-0.4, -0.2) is 30.9 Å². The fraction of sp³-hybridized carbons (Fsp3) is 0.529. The first-order chi connectivity index (χ1) is 11.3. The van der Waals surface area contributed by atoms with Crippen molar-refractivity contribution in [3.8, 4) is 11.5 Å². The molecule has 7 nitrogen and oxygen atoms in total. The highest BCUT2D eigenvalue weighted by Crippen LogP contribution is 2.32. The van der Waals surface area contributed by atoms with Crippen LogP contribution in [0, 0.1) is 0 Å². The van der Waals surface area contributed by atoms with Crippen LogP contribution in [0.3, 0.4) is 0 Å². The molecule has 0 bridgehead atoms. The lowest BCUT2D eigenvalue weighted by atomic mass is 10.2. The molecule has 1 aromatic rings. The average Bonchev–Trinajstić information content (AvgIpc) is 2.95. The number of carbonyl (C=O) groups is 2. The van der Waals surface area contributed by atoms with Crippen LogP contribution in [0.15, 0.2) is 18.2 Å². The summed E-state index contributed by atoms with van der Waals surface area (Å²) >= 11 is 0. The van der Waals surface area contributed by atoms with E-state index in [4.69, 9.17) is 14.2 Å². The van der Waals surface area contributed by atoms with Gasteiger partial charge in [0.25, 0.3) is 0 Å². The molecule has 1 aliphatic heterocycles. The molecule has 0 radical (unpaired) electrons. The normalized spacial score (nSPS) is 12.6. The Morgan fingerprint density at radius 3 is 2.67 bits per heavy atom. The minimum absolute atomic E-state index is 0.0707. The van der Waals surface area contributed by atoms with E-state index >= 15 is 0 Å². The van der Waals surface area contributed by atoms with Gasteiger partial charge < -0.3 is 24.8 Å². The summed E-state index contributed by atoms with van der Waals surface area (Å²) in [7, 11) is 0. The topological polar surface area (TPSA) is 85.9 Å². The molecule has 0 saturated carbocycles. The highest BCUT2D eigenvalue weighted by molar-refractivity contribution is 5.76. The summed E-state index contributed by atoms with van der Waals surface area (Å²) in [5.41, 5.74) is 0.422. The van der Waals surface area contributed by atoms with Gasteiger partial charge in [0.05, 0.1) is 0 Å². The summed E-state index contributed by atoms with van der Waals surface area (Å²) in [4.78, 5) is 23.3. The molecule has 2 amide bonds. The average molecular weight is 336 g/mol. The zero-order valence-corrected chi connectivity index (χ0v) is 14.3. The Labute approximate surface area is 141 Å². The van der Waals surface area contributed by atoms with Gasteiger partial charge >= 0.3 is 6.09 Å². The van der Waals surface area contributed by atoms with E-state index in [0.29, 0.717) is 31.7 Å². The van der Waals surface area contributed by atoms with E-state index in [9.17, 15) is 9.59 Å². The Bertz CT molecular complexity index is 595. The third kappa shape index (κ3) is 5.98. The SMILES string of the molecule is CC(C)(C)OC(=O)NCCCC(=O)NCc1ccc2c(c1)OCO2. The first-order valence-electron chi connectivity index (χ1n) is 7.95. The zero-order chi connectivity index (χ0) is 17.6. The summed E-state index contributed by atoms with van der Waals surface area (Å²) in [5, 5.41) is 5.46. The summed E-state index contributed by atoms with van der Waals surface area (Å²) in [6.45, 7) is 6.46. The maximum absolute atomic E-state index is 11.8. The molecule has 0 unspecified atom stereocenters. The lowest BCUT2D eigenvalue weighted by molar-refractivity contribution is -0.121. The summed E-state index contributed by atoms with van der Waals surface area (Å²) < 4.78 is 15.6. The maximum atomic E-state index is 11.8. The molecule has 0 saturated heterocycles. The van der Waals surface area contributed by atoms with Crippen molar-refractivity contribution in [3.63, 3.8) is 0 Å². The number of alkyl carbamates (subject to hydrolysis) is 1. The Kier molecular flexibility index (Phi) is 5.89. The molecule has 0 aromatic heterocycles. The van der Waals surface area contributed by atoms with Crippen LogP contribution in [0.25, 0.3) is 0 Å². The largest absolute Gasteiger partial charge is 0.454 e. The van der Waals surface area contributed by atoms with E-state index in [1.165, 1.54) is 0 Å². The molecule has 0 aliphatic carbocycles. The van der Waals surface area contributed by atoms with Gasteiger partial charge in [-0.3, -0.25) is 4.79 Å². The first kappa shape index (κ1) is 17.9. The maximum Gasteiger partial charge on any atom is 0.407 e. The molecule has 132 valence electrons. The van der Waals surface area contributed by atoms with Gasteiger partial charge in [-0.1, -0.05) is 6.07 Å². The highest BCUT2D eigenvalue weighted by Gasteiger charge is 2.16. The lowest BCUT2D eigenvalue weighted by Crippen LogP contribution is -2.33. The van der Waals surface area contributed by atoms with Crippen molar-refractivity contribution in [1.29, 1.82) is 0 Å². The predicted octanol–water partition coefficient (Wildman–Crippen LogP) is 2.34. The van der Waals surface area contributed by atoms with Gasteiger partial charge in [-0.25, -0.2) is 4.79 Å². The van der Waals surface area contributed by atoms with E-state index < -0.39 is 11.7 Å². The Hall–Kier alpha value is -2.44. The number of ether oxygens (including phenoxy) is 3. The second kappa shape index (κ2) is 7.90. The van der Waals surface area contributed by atoms with Gasteiger partial charge in [0.15, 0.2) is 11.5 Å². The van der Waals surface area contributed by atoms with Gasteiger partial charge in [-0.05, 0) is 44.9 Å². The monoisotopic (exact) mass is 336 g/mol. The van der Waals surface area contributed by atoms with Gasteiger partial charge in [0.1, 0.15) is 5.60 Å². The van der Waals surface area contributed by atoms with E-state index in [0.717, 1.165) is 11.3 Å². The fourth-order valence-electron chi connectivity index (χ4n) is 2.09. The third-order valence-electron chi connectivity index (χ3n) is 3.18. The van der Waals surface area contributed by atoms with Crippen molar-refractivity contribution in [3.05, 3.63) is 23.8 Å². The van der Waals surface area contributed by atoms with Crippen molar-refractivity contribution in [1.82, 2.24) is 10.6 Å². The molecule has 1 aliphatic rings.